The predicted octanol–water partition coefficient (Wildman–Crippen LogP) is 1.60. The first-order valence-corrected chi connectivity index (χ1v) is 6.16. The zero-order valence-electron chi connectivity index (χ0n) is 11.1. The smallest absolute Gasteiger partial charge is 0.253 e. The molecule has 0 bridgehead atoms. The molecule has 5 nitrogen and oxygen atoms in total. The van der Waals surface area contributed by atoms with Crippen molar-refractivity contribution in [2.75, 3.05) is 20.1 Å². The summed E-state index contributed by atoms with van der Waals surface area (Å²) < 4.78 is 5.28. The summed E-state index contributed by atoms with van der Waals surface area (Å²) in [5, 5.41) is 5.80. The van der Waals surface area contributed by atoms with E-state index < -0.39 is 0 Å². The van der Waals surface area contributed by atoms with Crippen LogP contribution in [0.5, 0.6) is 0 Å². The molecular formula is C14H17N3O2. The molecule has 0 spiro atoms. The summed E-state index contributed by atoms with van der Waals surface area (Å²) in [4.78, 5) is 16.3. The summed E-state index contributed by atoms with van der Waals surface area (Å²) in [7, 11) is 1.84. The predicted molar refractivity (Wildman–Crippen MR) is 72.9 cm³/mol. The van der Waals surface area contributed by atoms with Gasteiger partial charge in [0.1, 0.15) is 5.69 Å². The lowest BCUT2D eigenvalue weighted by atomic mass is 10.1. The molecule has 2 aromatic heterocycles. The molecule has 0 aliphatic rings. The third kappa shape index (κ3) is 3.20. The van der Waals surface area contributed by atoms with Gasteiger partial charge in [-0.1, -0.05) is 0 Å². The number of hydrogen-bond donors (Lipinski definition) is 2. The average molecular weight is 259 g/mol. The van der Waals surface area contributed by atoms with E-state index in [1.54, 1.807) is 18.4 Å². The molecule has 19 heavy (non-hydrogen) atoms. The number of carbonyl (C=O) groups is 1. The molecule has 0 radical (unpaired) electrons. The number of aryl methyl sites for hydroxylation is 1. The number of rotatable bonds is 5. The molecule has 0 unspecified atom stereocenters. The lowest BCUT2D eigenvalue weighted by Crippen LogP contribution is -2.31. The molecule has 5 heteroatoms. The summed E-state index contributed by atoms with van der Waals surface area (Å²) in [5.41, 5.74) is 2.01. The van der Waals surface area contributed by atoms with Crippen LogP contribution in [0.15, 0.2) is 34.9 Å². The second-order valence-electron chi connectivity index (χ2n) is 4.17. The Morgan fingerprint density at radius 3 is 2.79 bits per heavy atom. The van der Waals surface area contributed by atoms with Gasteiger partial charge in [-0.2, -0.15) is 0 Å². The number of furan rings is 1. The molecular weight excluding hydrogens is 242 g/mol. The van der Waals surface area contributed by atoms with E-state index in [9.17, 15) is 4.79 Å². The van der Waals surface area contributed by atoms with Crippen LogP contribution in [0.25, 0.3) is 11.5 Å². The van der Waals surface area contributed by atoms with Crippen LogP contribution < -0.4 is 10.6 Å². The Balaban J connectivity index is 2.13. The zero-order valence-corrected chi connectivity index (χ0v) is 11.1. The van der Waals surface area contributed by atoms with Crippen LogP contribution in [0.3, 0.4) is 0 Å². The van der Waals surface area contributed by atoms with Gasteiger partial charge in [0.2, 0.25) is 0 Å². The Kier molecular flexibility index (Phi) is 4.30. The van der Waals surface area contributed by atoms with Crippen molar-refractivity contribution in [3.63, 3.8) is 0 Å². The summed E-state index contributed by atoms with van der Waals surface area (Å²) in [6, 6.07) is 7.22. The summed E-state index contributed by atoms with van der Waals surface area (Å²) in [6.07, 6.45) is 1.60. The molecule has 2 rings (SSSR count). The number of aromatic nitrogens is 1. The van der Waals surface area contributed by atoms with Crippen molar-refractivity contribution in [3.05, 3.63) is 41.8 Å². The molecule has 100 valence electrons. The molecule has 0 saturated heterocycles. The molecule has 1 amide bonds. The van der Waals surface area contributed by atoms with Crippen LogP contribution in [-0.4, -0.2) is 31.0 Å². The SMILES string of the molecule is CNCCNC(=O)c1ccc(-c2ccco2)nc1C. The second-order valence-corrected chi connectivity index (χ2v) is 4.17. The van der Waals surface area contributed by atoms with Crippen LogP contribution in [0, 0.1) is 6.92 Å². The maximum atomic E-state index is 11.9. The number of pyridine rings is 1. The number of amides is 1. The van der Waals surface area contributed by atoms with E-state index in [2.05, 4.69) is 15.6 Å². The molecule has 0 fully saturated rings. The highest BCUT2D eigenvalue weighted by atomic mass is 16.3. The summed E-state index contributed by atoms with van der Waals surface area (Å²) in [6.45, 7) is 3.15. The highest BCUT2D eigenvalue weighted by molar-refractivity contribution is 5.95. The number of nitrogens with zero attached hydrogens (tertiary/aromatic N) is 1. The van der Waals surface area contributed by atoms with E-state index in [1.165, 1.54) is 0 Å². The minimum Gasteiger partial charge on any atom is -0.463 e. The van der Waals surface area contributed by atoms with Gasteiger partial charge in [0.05, 0.1) is 17.5 Å². The molecule has 0 saturated carbocycles. The van der Waals surface area contributed by atoms with Crippen LogP contribution >= 0.6 is 0 Å². The van der Waals surface area contributed by atoms with Crippen molar-refractivity contribution in [2.24, 2.45) is 0 Å². The van der Waals surface area contributed by atoms with Gasteiger partial charge >= 0.3 is 0 Å². The Morgan fingerprint density at radius 1 is 1.32 bits per heavy atom. The normalized spacial score (nSPS) is 10.4. The number of nitrogens with one attached hydrogen (secondary N) is 2. The fourth-order valence-electron chi connectivity index (χ4n) is 1.76. The third-order valence-electron chi connectivity index (χ3n) is 2.76. The molecule has 0 aromatic carbocycles. The summed E-state index contributed by atoms with van der Waals surface area (Å²) >= 11 is 0. The van der Waals surface area contributed by atoms with Gasteiger partial charge in [0.25, 0.3) is 5.91 Å². The summed E-state index contributed by atoms with van der Waals surface area (Å²) in [5.74, 6) is 0.594. The van der Waals surface area contributed by atoms with Gasteiger partial charge in [0.15, 0.2) is 5.76 Å². The molecule has 2 heterocycles. The van der Waals surface area contributed by atoms with E-state index >= 15 is 0 Å². The van der Waals surface area contributed by atoms with Crippen molar-refractivity contribution in [1.82, 2.24) is 15.6 Å². The Hall–Kier alpha value is -2.14. The number of hydrogen-bond acceptors (Lipinski definition) is 4. The van der Waals surface area contributed by atoms with Gasteiger partial charge in [-0.05, 0) is 38.2 Å². The van der Waals surface area contributed by atoms with Crippen LogP contribution in [0.1, 0.15) is 16.1 Å². The third-order valence-corrected chi connectivity index (χ3v) is 2.76. The van der Waals surface area contributed by atoms with E-state index in [4.69, 9.17) is 4.42 Å². The van der Waals surface area contributed by atoms with Crippen LogP contribution in [-0.2, 0) is 0 Å². The maximum Gasteiger partial charge on any atom is 0.253 e. The molecule has 0 atom stereocenters. The van der Waals surface area contributed by atoms with E-state index in [1.807, 2.05) is 26.1 Å². The Morgan fingerprint density at radius 2 is 2.16 bits per heavy atom. The molecule has 0 aliphatic heterocycles. The fourth-order valence-corrected chi connectivity index (χ4v) is 1.76. The van der Waals surface area contributed by atoms with Gasteiger partial charge in [-0.3, -0.25) is 4.79 Å². The second kappa shape index (κ2) is 6.15. The topological polar surface area (TPSA) is 67.2 Å². The highest BCUT2D eigenvalue weighted by Crippen LogP contribution is 2.19. The Labute approximate surface area is 112 Å². The van der Waals surface area contributed by atoms with E-state index in [0.717, 1.165) is 12.2 Å². The van der Waals surface area contributed by atoms with Gasteiger partial charge < -0.3 is 15.1 Å². The lowest BCUT2D eigenvalue weighted by molar-refractivity contribution is 0.0953. The van der Waals surface area contributed by atoms with Gasteiger partial charge in [0, 0.05) is 13.1 Å². The standard InChI is InChI=1S/C14H17N3O2/c1-10-11(14(18)16-8-7-15-2)5-6-12(17-10)13-4-3-9-19-13/h3-6,9,15H,7-8H2,1-2H3,(H,16,18). The quantitative estimate of drug-likeness (QED) is 0.800. The monoisotopic (exact) mass is 259 g/mol. The molecule has 0 aliphatic carbocycles. The van der Waals surface area contributed by atoms with Crippen LogP contribution in [0.4, 0.5) is 0 Å². The van der Waals surface area contributed by atoms with Crippen molar-refractivity contribution < 1.29 is 9.21 Å². The van der Waals surface area contributed by atoms with Crippen molar-refractivity contribution in [3.8, 4) is 11.5 Å². The van der Waals surface area contributed by atoms with Gasteiger partial charge in [-0.15, -0.1) is 0 Å². The van der Waals surface area contributed by atoms with E-state index in [-0.39, 0.29) is 5.91 Å². The largest absolute Gasteiger partial charge is 0.463 e. The first-order chi connectivity index (χ1) is 9.22. The first kappa shape index (κ1) is 13.3. The first-order valence-electron chi connectivity index (χ1n) is 6.16. The molecule has 2 N–H and O–H groups in total. The number of likely N-dealkylation sites (N-methyl/N-ethyl adjacent to an activating group) is 1. The number of carbonyl (C=O) groups excluding carboxylic acids is 1. The van der Waals surface area contributed by atoms with Crippen molar-refractivity contribution >= 4 is 5.91 Å². The minimum atomic E-state index is -0.105. The highest BCUT2D eigenvalue weighted by Gasteiger charge is 2.11. The molecule has 2 aromatic rings. The van der Waals surface area contributed by atoms with E-state index in [0.29, 0.717) is 23.6 Å². The zero-order chi connectivity index (χ0) is 13.7. The Bertz CT molecular complexity index is 550. The minimum absolute atomic E-state index is 0.105. The van der Waals surface area contributed by atoms with Gasteiger partial charge in [-0.25, -0.2) is 4.98 Å². The maximum absolute atomic E-state index is 11.9. The van der Waals surface area contributed by atoms with Crippen molar-refractivity contribution in [2.45, 2.75) is 6.92 Å². The average Bonchev–Trinajstić information content (AvgIpc) is 2.92. The fraction of sp³-hybridized carbons (Fsp3) is 0.286. The van der Waals surface area contributed by atoms with Crippen LogP contribution in [0.2, 0.25) is 0 Å². The lowest BCUT2D eigenvalue weighted by Gasteiger charge is -2.07. The van der Waals surface area contributed by atoms with Crippen molar-refractivity contribution in [1.29, 1.82) is 0 Å².